The Hall–Kier alpha value is -2.80. The van der Waals surface area contributed by atoms with Gasteiger partial charge in [-0.3, -0.25) is 4.79 Å². The van der Waals surface area contributed by atoms with Crippen molar-refractivity contribution in [1.82, 2.24) is 9.88 Å². The minimum atomic E-state index is -0.858. The first-order chi connectivity index (χ1) is 14.2. The quantitative estimate of drug-likeness (QED) is 0.533. The molecular formula is C23H27N3O3S. The Kier molecular flexibility index (Phi) is 5.10. The second-order valence-electron chi connectivity index (χ2n) is 9.15. The Morgan fingerprint density at radius 3 is 2.63 bits per heavy atom. The third-order valence-corrected chi connectivity index (χ3v) is 6.91. The number of nitrogens with two attached hydrogens (primary N) is 1. The van der Waals surface area contributed by atoms with E-state index in [0.717, 1.165) is 40.4 Å². The van der Waals surface area contributed by atoms with E-state index in [1.54, 1.807) is 16.2 Å². The number of amides is 2. The Morgan fingerprint density at radius 1 is 1.27 bits per heavy atom. The van der Waals surface area contributed by atoms with Crippen LogP contribution in [0, 0.1) is 5.41 Å². The van der Waals surface area contributed by atoms with Crippen molar-refractivity contribution in [1.29, 1.82) is 0 Å². The molecule has 1 saturated heterocycles. The fourth-order valence-electron chi connectivity index (χ4n) is 4.68. The van der Waals surface area contributed by atoms with Crippen molar-refractivity contribution in [2.45, 2.75) is 45.6 Å². The third kappa shape index (κ3) is 3.58. The SMILES string of the molecule is CC(C)(C)C1CC(c2c[nH]c3c(C(N)=O)cc(-c4ccsc4)cc23)CCN1C(=O)O. The first-order valence-electron chi connectivity index (χ1n) is 10.1. The number of piperidine rings is 1. The zero-order valence-corrected chi connectivity index (χ0v) is 18.3. The normalized spacial score (nSPS) is 19.9. The van der Waals surface area contributed by atoms with Crippen LogP contribution >= 0.6 is 11.3 Å². The molecule has 1 fully saturated rings. The summed E-state index contributed by atoms with van der Waals surface area (Å²) in [5.41, 5.74) is 9.92. The van der Waals surface area contributed by atoms with E-state index in [9.17, 15) is 14.7 Å². The summed E-state index contributed by atoms with van der Waals surface area (Å²) in [6.07, 6.45) is 2.61. The van der Waals surface area contributed by atoms with Gasteiger partial charge in [0, 0.05) is 24.2 Å². The number of rotatable bonds is 3. The molecule has 0 radical (unpaired) electrons. The van der Waals surface area contributed by atoms with Gasteiger partial charge in [-0.15, -0.1) is 0 Å². The summed E-state index contributed by atoms with van der Waals surface area (Å²) < 4.78 is 0. The predicted molar refractivity (Wildman–Crippen MR) is 120 cm³/mol. The van der Waals surface area contributed by atoms with Crippen LogP contribution in [0.1, 0.15) is 55.5 Å². The highest BCUT2D eigenvalue weighted by Crippen LogP contribution is 2.42. The second-order valence-corrected chi connectivity index (χ2v) is 9.93. The molecule has 0 aliphatic carbocycles. The number of likely N-dealkylation sites (tertiary alicyclic amines) is 1. The monoisotopic (exact) mass is 425 g/mol. The molecule has 1 aliphatic rings. The van der Waals surface area contributed by atoms with Gasteiger partial charge in [0.25, 0.3) is 5.91 Å². The van der Waals surface area contributed by atoms with E-state index in [4.69, 9.17) is 5.73 Å². The highest BCUT2D eigenvalue weighted by Gasteiger charge is 2.39. The first kappa shape index (κ1) is 20.5. The van der Waals surface area contributed by atoms with Crippen molar-refractivity contribution in [3.63, 3.8) is 0 Å². The molecule has 2 unspecified atom stereocenters. The number of hydrogen-bond donors (Lipinski definition) is 3. The van der Waals surface area contributed by atoms with E-state index in [1.165, 1.54) is 0 Å². The van der Waals surface area contributed by atoms with E-state index < -0.39 is 12.0 Å². The minimum absolute atomic E-state index is 0.0747. The number of benzene rings is 1. The number of thiophene rings is 1. The molecule has 1 aliphatic heterocycles. The van der Waals surface area contributed by atoms with Gasteiger partial charge in [0.15, 0.2) is 0 Å². The van der Waals surface area contributed by atoms with E-state index in [1.807, 2.05) is 23.7 Å². The van der Waals surface area contributed by atoms with Gasteiger partial charge in [0.05, 0.1) is 11.1 Å². The molecule has 6 nitrogen and oxygen atoms in total. The summed E-state index contributed by atoms with van der Waals surface area (Å²) in [4.78, 5) is 28.8. The molecule has 1 aromatic carbocycles. The Bertz CT molecular complexity index is 1100. The van der Waals surface area contributed by atoms with Gasteiger partial charge in [-0.05, 0) is 69.8 Å². The molecule has 2 atom stereocenters. The van der Waals surface area contributed by atoms with Crippen molar-refractivity contribution in [3.8, 4) is 11.1 Å². The maximum Gasteiger partial charge on any atom is 0.407 e. The number of hydrogen-bond acceptors (Lipinski definition) is 3. The van der Waals surface area contributed by atoms with E-state index >= 15 is 0 Å². The average molecular weight is 426 g/mol. The molecule has 0 saturated carbocycles. The number of aromatic nitrogens is 1. The Balaban J connectivity index is 1.80. The largest absolute Gasteiger partial charge is 0.465 e. The lowest BCUT2D eigenvalue weighted by Crippen LogP contribution is -2.51. The summed E-state index contributed by atoms with van der Waals surface area (Å²) in [6.45, 7) is 6.77. The highest BCUT2D eigenvalue weighted by molar-refractivity contribution is 7.08. The Morgan fingerprint density at radius 2 is 2.03 bits per heavy atom. The van der Waals surface area contributed by atoms with Gasteiger partial charge in [-0.1, -0.05) is 20.8 Å². The van der Waals surface area contributed by atoms with E-state index in [2.05, 4.69) is 37.2 Å². The maximum atomic E-state index is 12.2. The van der Waals surface area contributed by atoms with Crippen LogP contribution in [0.5, 0.6) is 0 Å². The molecule has 0 spiro atoms. The topological polar surface area (TPSA) is 99.4 Å². The van der Waals surface area contributed by atoms with E-state index in [-0.39, 0.29) is 17.4 Å². The van der Waals surface area contributed by atoms with Crippen molar-refractivity contribution in [2.75, 3.05) is 6.54 Å². The number of carbonyl (C=O) groups is 2. The van der Waals surface area contributed by atoms with Gasteiger partial charge in [0.1, 0.15) is 0 Å². The van der Waals surface area contributed by atoms with Gasteiger partial charge in [-0.25, -0.2) is 4.79 Å². The zero-order chi connectivity index (χ0) is 21.6. The van der Waals surface area contributed by atoms with Gasteiger partial charge in [0.2, 0.25) is 0 Å². The predicted octanol–water partition coefficient (Wildman–Crippen LogP) is 5.27. The van der Waals surface area contributed by atoms with Crippen molar-refractivity contribution in [2.24, 2.45) is 11.1 Å². The third-order valence-electron chi connectivity index (χ3n) is 6.23. The average Bonchev–Trinajstić information content (AvgIpc) is 3.35. The van der Waals surface area contributed by atoms with Crippen LogP contribution in [0.4, 0.5) is 4.79 Å². The van der Waals surface area contributed by atoms with Gasteiger partial charge >= 0.3 is 6.09 Å². The number of fused-ring (bicyclic) bond motifs is 1. The number of nitrogens with one attached hydrogen (secondary N) is 1. The first-order valence-corrected chi connectivity index (χ1v) is 11.1. The number of carbonyl (C=O) groups excluding carboxylic acids is 1. The number of aromatic amines is 1. The molecule has 2 aromatic heterocycles. The number of nitrogens with zero attached hydrogens (tertiary/aromatic N) is 1. The van der Waals surface area contributed by atoms with Crippen LogP contribution in [0.25, 0.3) is 22.0 Å². The molecule has 4 rings (SSSR count). The van der Waals surface area contributed by atoms with E-state index in [0.29, 0.717) is 12.1 Å². The smallest absolute Gasteiger partial charge is 0.407 e. The van der Waals surface area contributed by atoms with Crippen LogP contribution in [0.15, 0.2) is 35.2 Å². The molecule has 0 bridgehead atoms. The fourth-order valence-corrected chi connectivity index (χ4v) is 5.34. The maximum absolute atomic E-state index is 12.2. The summed E-state index contributed by atoms with van der Waals surface area (Å²) >= 11 is 1.61. The summed E-state index contributed by atoms with van der Waals surface area (Å²) in [5, 5.41) is 14.7. The molecule has 2 amide bonds. The lowest BCUT2D eigenvalue weighted by atomic mass is 9.75. The molecule has 30 heavy (non-hydrogen) atoms. The zero-order valence-electron chi connectivity index (χ0n) is 17.4. The van der Waals surface area contributed by atoms with Crippen molar-refractivity contribution in [3.05, 3.63) is 46.3 Å². The highest BCUT2D eigenvalue weighted by atomic mass is 32.1. The number of primary amides is 1. The summed E-state index contributed by atoms with van der Waals surface area (Å²) in [6, 6.07) is 5.92. The molecule has 7 heteroatoms. The van der Waals surface area contributed by atoms with Crippen LogP contribution < -0.4 is 5.73 Å². The standard InChI is InChI=1S/C23H27N3O3S/c1-23(2,3)19-10-13(4-6-26(19)22(28)29)18-11-25-20-16(18)8-15(9-17(20)21(24)27)14-5-7-30-12-14/h5,7-9,11-13,19,25H,4,6,10H2,1-3H3,(H2,24,27)(H,28,29). The van der Waals surface area contributed by atoms with Crippen molar-refractivity contribution < 1.29 is 14.7 Å². The number of carboxylic acid groups (broad SMARTS) is 1. The molecule has 3 heterocycles. The van der Waals surface area contributed by atoms with Crippen molar-refractivity contribution >= 4 is 34.2 Å². The molecule has 158 valence electrons. The summed E-state index contributed by atoms with van der Waals surface area (Å²) in [7, 11) is 0. The Labute approximate surface area is 179 Å². The van der Waals surface area contributed by atoms with Gasteiger partial charge < -0.3 is 20.7 Å². The second kappa shape index (κ2) is 7.47. The lowest BCUT2D eigenvalue weighted by molar-refractivity contribution is 0.0527. The van der Waals surface area contributed by atoms with Crippen LogP contribution in [-0.2, 0) is 0 Å². The van der Waals surface area contributed by atoms with Crippen LogP contribution in [0.2, 0.25) is 0 Å². The molecule has 3 aromatic rings. The summed E-state index contributed by atoms with van der Waals surface area (Å²) in [5.74, 6) is -0.254. The molecular weight excluding hydrogens is 398 g/mol. The number of H-pyrrole nitrogens is 1. The minimum Gasteiger partial charge on any atom is -0.465 e. The lowest BCUT2D eigenvalue weighted by Gasteiger charge is -2.44. The van der Waals surface area contributed by atoms with Crippen LogP contribution in [0.3, 0.4) is 0 Å². The fraction of sp³-hybridized carbons (Fsp3) is 0.391. The molecule has 4 N–H and O–H groups in total. The van der Waals surface area contributed by atoms with Gasteiger partial charge in [-0.2, -0.15) is 11.3 Å². The van der Waals surface area contributed by atoms with Crippen LogP contribution in [-0.4, -0.2) is 39.6 Å².